The largest absolute Gasteiger partial charge is 0.497 e. The molecule has 0 bridgehead atoms. The summed E-state index contributed by atoms with van der Waals surface area (Å²) >= 11 is 0. The van der Waals surface area contributed by atoms with Crippen LogP contribution in [0.5, 0.6) is 11.5 Å². The van der Waals surface area contributed by atoms with E-state index >= 15 is 0 Å². The molecule has 184 valence electrons. The minimum atomic E-state index is -3.93. The third kappa shape index (κ3) is 5.66. The zero-order chi connectivity index (χ0) is 25.2. The molecule has 0 spiro atoms. The Balaban J connectivity index is 1.58. The summed E-state index contributed by atoms with van der Waals surface area (Å²) < 4.78 is 38.8. The van der Waals surface area contributed by atoms with Gasteiger partial charge in [0.1, 0.15) is 23.6 Å². The lowest BCUT2D eigenvalue weighted by atomic mass is 9.78. The summed E-state index contributed by atoms with van der Waals surface area (Å²) in [4.78, 5) is 10.8. The van der Waals surface area contributed by atoms with Crippen LogP contribution in [-0.2, 0) is 27.7 Å². The number of carboxylic acids is 1. The van der Waals surface area contributed by atoms with Crippen molar-refractivity contribution in [2.45, 2.75) is 37.2 Å². The lowest BCUT2D eigenvalue weighted by Crippen LogP contribution is -2.43. The van der Waals surface area contributed by atoms with Gasteiger partial charge in [-0.25, -0.2) is 8.42 Å². The molecule has 1 aliphatic rings. The molecule has 1 atom stereocenters. The number of hydrogen-bond donors (Lipinski definition) is 2. The molecule has 1 heterocycles. The molecule has 0 aliphatic carbocycles. The number of ether oxygens (including phenoxy) is 2. The normalized spacial score (nSPS) is 16.7. The fourth-order valence-electron chi connectivity index (χ4n) is 4.38. The van der Waals surface area contributed by atoms with Crippen molar-refractivity contribution in [3.8, 4) is 22.6 Å². The number of nitrogens with one attached hydrogen (secondary N) is 1. The van der Waals surface area contributed by atoms with Crippen molar-refractivity contribution < 1.29 is 27.8 Å². The van der Waals surface area contributed by atoms with Crippen LogP contribution in [0.3, 0.4) is 0 Å². The van der Waals surface area contributed by atoms with Gasteiger partial charge in [0.05, 0.1) is 12.0 Å². The number of rotatable bonds is 8. The van der Waals surface area contributed by atoms with Gasteiger partial charge in [0.2, 0.25) is 10.0 Å². The van der Waals surface area contributed by atoms with Crippen LogP contribution in [0.4, 0.5) is 0 Å². The lowest BCUT2D eigenvalue weighted by Gasteiger charge is -2.40. The van der Waals surface area contributed by atoms with Crippen LogP contribution in [0, 0.1) is 5.92 Å². The quantitative estimate of drug-likeness (QED) is 0.483. The van der Waals surface area contributed by atoms with E-state index < -0.39 is 28.1 Å². The van der Waals surface area contributed by atoms with E-state index in [2.05, 4.69) is 22.9 Å². The summed E-state index contributed by atoms with van der Waals surface area (Å²) in [6.45, 7) is 3.42. The van der Waals surface area contributed by atoms with Gasteiger partial charge in [0.25, 0.3) is 0 Å². The Kier molecular flexibility index (Phi) is 6.87. The SMILES string of the molecule is COc1cccc(-c2cccc(CC3Cc4cc(S(=O)(=O)NCC(=O)O)ccc4OC3(C)C)c2)c1. The number of benzene rings is 3. The molecule has 0 saturated heterocycles. The fourth-order valence-corrected chi connectivity index (χ4v) is 5.41. The van der Waals surface area contributed by atoms with Gasteiger partial charge in [-0.05, 0) is 79.3 Å². The summed E-state index contributed by atoms with van der Waals surface area (Å²) in [7, 11) is -2.28. The van der Waals surface area contributed by atoms with Gasteiger partial charge in [-0.1, -0.05) is 36.4 Å². The van der Waals surface area contributed by atoms with Gasteiger partial charge in [0.15, 0.2) is 0 Å². The molecule has 3 aromatic rings. The van der Waals surface area contributed by atoms with Crippen molar-refractivity contribution in [3.63, 3.8) is 0 Å². The maximum absolute atomic E-state index is 12.5. The molecule has 0 amide bonds. The average Bonchev–Trinajstić information content (AvgIpc) is 2.83. The highest BCUT2D eigenvalue weighted by atomic mass is 32.2. The minimum absolute atomic E-state index is 0.0274. The van der Waals surface area contributed by atoms with Crippen LogP contribution in [0.25, 0.3) is 11.1 Å². The van der Waals surface area contributed by atoms with Gasteiger partial charge >= 0.3 is 5.97 Å². The number of carboxylic acid groups (broad SMARTS) is 1. The van der Waals surface area contributed by atoms with Crippen molar-refractivity contribution in [3.05, 3.63) is 77.9 Å². The maximum Gasteiger partial charge on any atom is 0.318 e. The van der Waals surface area contributed by atoms with Crippen molar-refractivity contribution >= 4 is 16.0 Å². The topological polar surface area (TPSA) is 102 Å². The molecular formula is C27H29NO6S. The van der Waals surface area contributed by atoms with E-state index in [1.165, 1.54) is 6.07 Å². The summed E-state index contributed by atoms with van der Waals surface area (Å²) in [6, 6.07) is 21.0. The fraction of sp³-hybridized carbons (Fsp3) is 0.296. The second-order valence-electron chi connectivity index (χ2n) is 9.23. The molecule has 4 rings (SSSR count). The zero-order valence-corrected chi connectivity index (χ0v) is 20.8. The van der Waals surface area contributed by atoms with Gasteiger partial charge in [-0.2, -0.15) is 4.72 Å². The monoisotopic (exact) mass is 495 g/mol. The smallest absolute Gasteiger partial charge is 0.318 e. The molecule has 2 N–H and O–H groups in total. The van der Waals surface area contributed by atoms with Crippen molar-refractivity contribution in [1.29, 1.82) is 0 Å². The Bertz CT molecular complexity index is 1350. The van der Waals surface area contributed by atoms with Crippen LogP contribution >= 0.6 is 0 Å². The van der Waals surface area contributed by atoms with Gasteiger partial charge < -0.3 is 14.6 Å². The molecule has 3 aromatic carbocycles. The van der Waals surface area contributed by atoms with Crippen LogP contribution in [0.15, 0.2) is 71.6 Å². The van der Waals surface area contributed by atoms with Crippen molar-refractivity contribution in [2.24, 2.45) is 5.92 Å². The summed E-state index contributed by atoms with van der Waals surface area (Å²) in [5.74, 6) is 0.303. The first-order valence-corrected chi connectivity index (χ1v) is 12.8. The van der Waals surface area contributed by atoms with E-state index in [1.807, 2.05) is 44.2 Å². The first-order valence-electron chi connectivity index (χ1n) is 11.3. The van der Waals surface area contributed by atoms with E-state index in [0.717, 1.165) is 34.4 Å². The number of aliphatic carboxylic acids is 1. The third-order valence-corrected chi connectivity index (χ3v) is 7.79. The van der Waals surface area contributed by atoms with Crippen LogP contribution < -0.4 is 14.2 Å². The van der Waals surface area contributed by atoms with Crippen molar-refractivity contribution in [1.82, 2.24) is 4.72 Å². The summed E-state index contributed by atoms with van der Waals surface area (Å²) in [6.07, 6.45) is 1.38. The third-order valence-electron chi connectivity index (χ3n) is 6.39. The molecule has 8 heteroatoms. The molecule has 0 saturated carbocycles. The Morgan fingerprint density at radius 3 is 2.51 bits per heavy atom. The zero-order valence-electron chi connectivity index (χ0n) is 19.9. The highest BCUT2D eigenvalue weighted by Gasteiger charge is 2.37. The van der Waals surface area contributed by atoms with E-state index in [-0.39, 0.29) is 10.8 Å². The molecule has 0 aromatic heterocycles. The first-order chi connectivity index (χ1) is 16.6. The van der Waals surface area contributed by atoms with Crippen molar-refractivity contribution in [2.75, 3.05) is 13.7 Å². The van der Waals surface area contributed by atoms with Gasteiger partial charge in [-0.15, -0.1) is 0 Å². The molecule has 0 fully saturated rings. The predicted molar refractivity (Wildman–Crippen MR) is 133 cm³/mol. The Hall–Kier alpha value is -3.36. The molecule has 7 nitrogen and oxygen atoms in total. The van der Waals surface area contributed by atoms with Crippen LogP contribution in [-0.4, -0.2) is 38.7 Å². The predicted octanol–water partition coefficient (Wildman–Crippen LogP) is 4.30. The first kappa shape index (κ1) is 24.8. The minimum Gasteiger partial charge on any atom is -0.497 e. The Labute approximate surface area is 205 Å². The molecular weight excluding hydrogens is 466 g/mol. The lowest BCUT2D eigenvalue weighted by molar-refractivity contribution is -0.135. The number of methoxy groups -OCH3 is 1. The van der Waals surface area contributed by atoms with E-state index in [1.54, 1.807) is 19.2 Å². The molecule has 1 aliphatic heterocycles. The maximum atomic E-state index is 12.5. The number of carbonyl (C=O) groups is 1. The molecule has 1 unspecified atom stereocenters. The highest BCUT2D eigenvalue weighted by molar-refractivity contribution is 7.89. The highest BCUT2D eigenvalue weighted by Crippen LogP contribution is 2.40. The van der Waals surface area contributed by atoms with Crippen LogP contribution in [0.2, 0.25) is 0 Å². The summed E-state index contributed by atoms with van der Waals surface area (Å²) in [5.41, 5.74) is 3.65. The second kappa shape index (κ2) is 9.71. The van der Waals surface area contributed by atoms with Gasteiger partial charge in [-0.3, -0.25) is 4.79 Å². The number of sulfonamides is 1. The van der Waals surface area contributed by atoms with E-state index in [9.17, 15) is 13.2 Å². The number of fused-ring (bicyclic) bond motifs is 1. The summed E-state index contributed by atoms with van der Waals surface area (Å²) in [5, 5.41) is 8.81. The van der Waals surface area contributed by atoms with E-state index in [4.69, 9.17) is 14.6 Å². The second-order valence-corrected chi connectivity index (χ2v) is 11.0. The molecule has 0 radical (unpaired) electrons. The van der Waals surface area contributed by atoms with E-state index in [0.29, 0.717) is 12.2 Å². The van der Waals surface area contributed by atoms with Gasteiger partial charge in [0, 0.05) is 5.92 Å². The van der Waals surface area contributed by atoms with Crippen LogP contribution in [0.1, 0.15) is 25.0 Å². The average molecular weight is 496 g/mol. The number of hydrogen-bond acceptors (Lipinski definition) is 5. The Morgan fingerprint density at radius 1 is 1.09 bits per heavy atom. The molecule has 35 heavy (non-hydrogen) atoms. The standard InChI is InChI=1S/C27H29NO6S/c1-27(2)22(13-18-6-4-7-19(12-18)20-8-5-9-23(15-20)33-3)14-21-16-24(10-11-25(21)34-27)35(31,32)28-17-26(29)30/h4-12,15-16,22,28H,13-14,17H2,1-3H3,(H,29,30). The Morgan fingerprint density at radius 2 is 1.80 bits per heavy atom.